The normalized spacial score (nSPS) is 31.6. The molecular formula is C18H20FN9O8P2S3. The highest BCUT2D eigenvalue weighted by molar-refractivity contribution is 8.60. The van der Waals surface area contributed by atoms with E-state index in [-0.39, 0.29) is 47.3 Å². The first-order chi connectivity index (χ1) is 19.4. The molecule has 0 radical (unpaired) electrons. The first-order valence-electron chi connectivity index (χ1n) is 11.6. The lowest BCUT2D eigenvalue weighted by Gasteiger charge is -2.25. The number of alkyl halides is 1. The van der Waals surface area contributed by atoms with Crippen molar-refractivity contribution >= 4 is 76.6 Å². The molecular weight excluding hydrogens is 647 g/mol. The smallest absolute Gasteiger partial charge is 0.325 e. The Bertz CT molecular complexity index is 1870. The summed E-state index contributed by atoms with van der Waals surface area (Å²) in [7, 11) is 0. The van der Waals surface area contributed by atoms with Crippen molar-refractivity contribution in [1.82, 2.24) is 39.0 Å². The Morgan fingerprint density at radius 1 is 1.15 bits per heavy atom. The maximum absolute atomic E-state index is 15.9. The van der Waals surface area contributed by atoms with Crippen LogP contribution in [0.15, 0.2) is 22.2 Å². The molecule has 0 saturated carbocycles. The molecule has 4 aromatic rings. The molecule has 0 spiro atoms. The highest BCUT2D eigenvalue weighted by Crippen LogP contribution is 2.55. The van der Waals surface area contributed by atoms with Crippen LogP contribution in [-0.2, 0) is 59.6 Å². The van der Waals surface area contributed by atoms with Gasteiger partial charge in [-0.1, -0.05) is 12.2 Å². The molecule has 0 aromatic carbocycles. The number of hydrogen-bond donors (Lipinski definition) is 5. The Morgan fingerprint density at radius 3 is 2.76 bits per heavy atom. The van der Waals surface area contributed by atoms with Crippen LogP contribution in [-0.4, -0.2) is 75.5 Å². The minimum atomic E-state index is -4.21. The van der Waals surface area contributed by atoms with Crippen LogP contribution in [0.5, 0.6) is 0 Å². The zero-order chi connectivity index (χ0) is 29.1. The van der Waals surface area contributed by atoms with Crippen LogP contribution in [0.4, 0.5) is 10.3 Å². The van der Waals surface area contributed by atoms with Crippen molar-refractivity contribution in [1.29, 1.82) is 0 Å². The SMILES string of the molecule is Nc1nc2c(ncn2[C@@H]2O[C@@H]3COP(=S)(S)OCCn4c(nc5c(=O)[nH]cnc54)COP(O)(=S)O[C@@H]2[C@@H]3F)c(=O)[nH]1. The van der Waals surface area contributed by atoms with Gasteiger partial charge in [-0.15, -0.1) is 0 Å². The minimum absolute atomic E-state index is 0.00518. The van der Waals surface area contributed by atoms with E-state index in [1.807, 2.05) is 0 Å². The van der Waals surface area contributed by atoms with Gasteiger partial charge in [0.2, 0.25) is 11.6 Å². The molecule has 6 atom stereocenters. The van der Waals surface area contributed by atoms with Gasteiger partial charge in [0.15, 0.2) is 34.7 Å². The van der Waals surface area contributed by atoms with Crippen LogP contribution >= 0.6 is 24.7 Å². The number of H-pyrrole nitrogens is 2. The van der Waals surface area contributed by atoms with Crippen LogP contribution in [0.3, 0.4) is 0 Å². The van der Waals surface area contributed by atoms with Gasteiger partial charge in [-0.05, 0) is 23.6 Å². The standard InChI is InChI=1S/C18H20FN9O8P2S3/c19-9-7-3-34-38(40,41)32-2-1-27-8(24-11-13(27)21-5-22-15(11)29)4-33-37(31,39)36-12(9)17(35-7)28-6-23-10-14(28)25-18(20)26-16(10)30/h5-7,9,12,17H,1-4H2,(H,31,39)(H,40,41)(H,21,22,29)(H3,20,25,26,30)/t7-,9-,12-,17-,37?/m1/s1. The predicted molar refractivity (Wildman–Crippen MR) is 151 cm³/mol. The van der Waals surface area contributed by atoms with Crippen molar-refractivity contribution in [2.24, 2.45) is 0 Å². The van der Waals surface area contributed by atoms with Crippen molar-refractivity contribution in [3.63, 3.8) is 0 Å². The zero-order valence-corrected chi connectivity index (χ0v) is 24.7. The third kappa shape index (κ3) is 5.64. The summed E-state index contributed by atoms with van der Waals surface area (Å²) in [6.45, 7) is -5.00. The van der Waals surface area contributed by atoms with Crippen LogP contribution in [0.2, 0.25) is 0 Å². The Morgan fingerprint density at radius 2 is 1.95 bits per heavy atom. The number of nitrogens with one attached hydrogen (secondary N) is 2. The second kappa shape index (κ2) is 10.8. The first-order valence-corrected chi connectivity index (χ1v) is 18.0. The molecule has 5 N–H and O–H groups in total. The molecule has 2 aliphatic rings. The Balaban J connectivity index is 1.39. The van der Waals surface area contributed by atoms with E-state index in [1.165, 1.54) is 21.8 Å². The Hall–Kier alpha value is -2.16. The van der Waals surface area contributed by atoms with Crippen LogP contribution < -0.4 is 16.9 Å². The lowest BCUT2D eigenvalue weighted by atomic mass is 10.1. The van der Waals surface area contributed by atoms with Crippen molar-refractivity contribution in [2.75, 3.05) is 18.9 Å². The Kier molecular flexibility index (Phi) is 7.65. The summed E-state index contributed by atoms with van der Waals surface area (Å²) in [5.41, 5.74) is 1.42. The van der Waals surface area contributed by atoms with Gasteiger partial charge < -0.3 is 38.5 Å². The number of nitrogens with two attached hydrogens (primary N) is 1. The number of thiol groups is 1. The predicted octanol–water partition coefficient (Wildman–Crippen LogP) is 0.390. The fourth-order valence-corrected chi connectivity index (χ4v) is 7.31. The molecule has 6 rings (SSSR count). The number of ether oxygens (including phenoxy) is 1. The molecule has 6 heterocycles. The van der Waals surface area contributed by atoms with E-state index in [4.69, 9.17) is 52.2 Å². The highest BCUT2D eigenvalue weighted by atomic mass is 32.9. The van der Waals surface area contributed by atoms with Gasteiger partial charge in [0, 0.05) is 6.54 Å². The first kappa shape index (κ1) is 28.9. The maximum atomic E-state index is 15.9. The second-order valence-electron chi connectivity index (χ2n) is 8.78. The lowest BCUT2D eigenvalue weighted by molar-refractivity contribution is -0.0445. The summed E-state index contributed by atoms with van der Waals surface area (Å²) in [4.78, 5) is 56.8. The molecule has 0 amide bonds. The highest BCUT2D eigenvalue weighted by Gasteiger charge is 2.50. The van der Waals surface area contributed by atoms with Gasteiger partial charge in [0.05, 0.1) is 25.9 Å². The average Bonchev–Trinajstić information content (AvgIpc) is 3.56. The molecule has 2 aliphatic heterocycles. The molecule has 17 nitrogen and oxygen atoms in total. The van der Waals surface area contributed by atoms with Crippen molar-refractivity contribution in [3.8, 4) is 0 Å². The number of fused-ring (bicyclic) bond motifs is 6. The summed E-state index contributed by atoms with van der Waals surface area (Å²) in [5, 5.41) is 0. The van der Waals surface area contributed by atoms with Crippen molar-refractivity contribution < 1.29 is 32.1 Å². The van der Waals surface area contributed by atoms with Gasteiger partial charge in [-0.25, -0.2) is 19.3 Å². The van der Waals surface area contributed by atoms with E-state index in [2.05, 4.69) is 42.2 Å². The molecule has 1 fully saturated rings. The number of aromatic nitrogens is 8. The van der Waals surface area contributed by atoms with Crippen LogP contribution in [0.1, 0.15) is 12.1 Å². The quantitative estimate of drug-likeness (QED) is 0.137. The fraction of sp³-hybridized carbons (Fsp3) is 0.444. The van der Waals surface area contributed by atoms with Crippen molar-refractivity contribution in [2.45, 2.75) is 37.8 Å². The lowest BCUT2D eigenvalue weighted by Crippen LogP contribution is -2.32. The summed E-state index contributed by atoms with van der Waals surface area (Å²) < 4.78 is 47.0. The molecule has 220 valence electrons. The molecule has 4 aromatic heterocycles. The zero-order valence-electron chi connectivity index (χ0n) is 20.4. The molecule has 2 bridgehead atoms. The van der Waals surface area contributed by atoms with Gasteiger partial charge >= 0.3 is 6.72 Å². The van der Waals surface area contributed by atoms with Crippen molar-refractivity contribution in [3.05, 3.63) is 39.2 Å². The number of aromatic amines is 2. The molecule has 0 aliphatic carbocycles. The summed E-state index contributed by atoms with van der Waals surface area (Å²) in [6.07, 6.45) is -3.80. The van der Waals surface area contributed by atoms with E-state index in [9.17, 15) is 14.5 Å². The number of hydrogen-bond acceptors (Lipinski definition) is 14. The third-order valence-corrected chi connectivity index (χ3v) is 10.0. The van der Waals surface area contributed by atoms with E-state index >= 15 is 4.39 Å². The van der Waals surface area contributed by atoms with Gasteiger partial charge in [-0.2, -0.15) is 4.98 Å². The van der Waals surface area contributed by atoms with Crippen LogP contribution in [0, 0.1) is 0 Å². The van der Waals surface area contributed by atoms with Gasteiger partial charge in [-0.3, -0.25) is 23.7 Å². The van der Waals surface area contributed by atoms with E-state index in [1.54, 1.807) is 0 Å². The van der Waals surface area contributed by atoms with Gasteiger partial charge in [0.1, 0.15) is 24.6 Å². The molecule has 23 heteroatoms. The largest absolute Gasteiger partial charge is 0.369 e. The number of nitrogen functional groups attached to an aromatic ring is 1. The number of anilines is 1. The molecule has 2 unspecified atom stereocenters. The number of nitrogens with zero attached hydrogens (tertiary/aromatic N) is 6. The molecule has 1 saturated heterocycles. The third-order valence-electron chi connectivity index (χ3n) is 6.19. The fourth-order valence-electron chi connectivity index (χ4n) is 4.41. The monoisotopic (exact) mass is 667 g/mol. The topological polar surface area (TPSA) is 220 Å². The molecule has 41 heavy (non-hydrogen) atoms. The summed E-state index contributed by atoms with van der Waals surface area (Å²) >= 11 is 14.9. The Labute approximate surface area is 243 Å². The average molecular weight is 668 g/mol. The second-order valence-corrected chi connectivity index (χ2v) is 16.9. The van der Waals surface area contributed by atoms with Crippen LogP contribution in [0.25, 0.3) is 22.3 Å². The van der Waals surface area contributed by atoms with E-state index in [0.29, 0.717) is 0 Å². The number of halogens is 1. The van der Waals surface area contributed by atoms with E-state index in [0.717, 1.165) is 0 Å². The number of imidazole rings is 2. The van der Waals surface area contributed by atoms with Gasteiger partial charge in [0.25, 0.3) is 11.1 Å². The minimum Gasteiger partial charge on any atom is -0.369 e. The summed E-state index contributed by atoms with van der Waals surface area (Å²) in [6, 6.07) is 0. The maximum Gasteiger partial charge on any atom is 0.325 e. The summed E-state index contributed by atoms with van der Waals surface area (Å²) in [5.74, 6) is -0.0677. The number of rotatable bonds is 1. The van der Waals surface area contributed by atoms with E-state index < -0.39 is 61.4 Å².